The van der Waals surface area contributed by atoms with Crippen LogP contribution in [0.2, 0.25) is 0 Å². The molecule has 0 atom stereocenters. The third kappa shape index (κ3) is 4.70. The summed E-state index contributed by atoms with van der Waals surface area (Å²) in [6.07, 6.45) is 4.61. The first kappa shape index (κ1) is 18.6. The summed E-state index contributed by atoms with van der Waals surface area (Å²) >= 11 is 0. The Kier molecular flexibility index (Phi) is 6.29. The molecule has 3 heterocycles. The first-order chi connectivity index (χ1) is 12.0. The third-order valence-corrected chi connectivity index (χ3v) is 5.54. The highest BCUT2D eigenvalue weighted by molar-refractivity contribution is 5.37. The van der Waals surface area contributed by atoms with Crippen molar-refractivity contribution in [2.45, 2.75) is 59.4 Å². The molecule has 5 nitrogen and oxygen atoms in total. The molecule has 1 aromatic heterocycles. The normalized spacial score (nSPS) is 20.9. The molecule has 140 valence electrons. The van der Waals surface area contributed by atoms with Crippen LogP contribution in [0, 0.1) is 19.8 Å². The zero-order valence-corrected chi connectivity index (χ0v) is 16.4. The molecule has 0 spiro atoms. The van der Waals surface area contributed by atoms with E-state index in [1.807, 2.05) is 0 Å². The Labute approximate surface area is 152 Å². The zero-order valence-electron chi connectivity index (χ0n) is 16.4. The predicted molar refractivity (Wildman–Crippen MR) is 102 cm³/mol. The second-order valence-electron chi connectivity index (χ2n) is 7.99. The van der Waals surface area contributed by atoms with E-state index in [1.165, 1.54) is 31.4 Å². The fraction of sp³-hybridized carbons (Fsp3) is 0.800. The van der Waals surface area contributed by atoms with E-state index in [4.69, 9.17) is 14.7 Å². The molecule has 2 aliphatic heterocycles. The largest absolute Gasteiger partial charge is 0.381 e. The van der Waals surface area contributed by atoms with Crippen LogP contribution in [0.1, 0.15) is 50.1 Å². The van der Waals surface area contributed by atoms with Crippen molar-refractivity contribution in [3.8, 4) is 0 Å². The Balaban J connectivity index is 1.68. The second kappa shape index (κ2) is 8.45. The van der Waals surface area contributed by atoms with Gasteiger partial charge in [0.1, 0.15) is 0 Å². The molecule has 1 aromatic rings. The van der Waals surface area contributed by atoms with E-state index in [2.05, 4.69) is 37.5 Å². The van der Waals surface area contributed by atoms with Gasteiger partial charge in [-0.3, -0.25) is 4.90 Å². The minimum atomic E-state index is 0.637. The van der Waals surface area contributed by atoms with Crippen molar-refractivity contribution in [2.75, 3.05) is 44.3 Å². The molecule has 0 amide bonds. The van der Waals surface area contributed by atoms with E-state index in [-0.39, 0.29) is 0 Å². The fourth-order valence-corrected chi connectivity index (χ4v) is 4.12. The van der Waals surface area contributed by atoms with E-state index < -0.39 is 0 Å². The smallest absolute Gasteiger partial charge is 0.225 e. The highest BCUT2D eigenvalue weighted by Gasteiger charge is 2.25. The standard InChI is InChI=1S/C20H34N4O/c1-15(2)14-19-16(3)21-20(22-17(19)4)24-9-5-8-23(10-11-24)18-6-12-25-13-7-18/h15,18H,5-14H2,1-4H3. The van der Waals surface area contributed by atoms with E-state index in [9.17, 15) is 0 Å². The van der Waals surface area contributed by atoms with Gasteiger partial charge in [-0.2, -0.15) is 0 Å². The van der Waals surface area contributed by atoms with Crippen LogP contribution in [0.5, 0.6) is 0 Å². The van der Waals surface area contributed by atoms with Crippen LogP contribution in [0.3, 0.4) is 0 Å². The highest BCUT2D eigenvalue weighted by Crippen LogP contribution is 2.21. The molecule has 2 aliphatic rings. The molecule has 3 rings (SSSR count). The summed E-state index contributed by atoms with van der Waals surface area (Å²) in [5.41, 5.74) is 3.64. The summed E-state index contributed by atoms with van der Waals surface area (Å²) in [5, 5.41) is 0. The van der Waals surface area contributed by atoms with E-state index >= 15 is 0 Å². The Morgan fingerprint density at radius 3 is 2.32 bits per heavy atom. The average Bonchev–Trinajstić information content (AvgIpc) is 2.85. The van der Waals surface area contributed by atoms with Crippen LogP contribution in [0.4, 0.5) is 5.95 Å². The number of rotatable bonds is 4. The van der Waals surface area contributed by atoms with Gasteiger partial charge in [0.2, 0.25) is 5.95 Å². The van der Waals surface area contributed by atoms with Crippen LogP contribution in [0.15, 0.2) is 0 Å². The topological polar surface area (TPSA) is 41.5 Å². The lowest BCUT2D eigenvalue weighted by molar-refractivity contribution is 0.0365. The van der Waals surface area contributed by atoms with Crippen molar-refractivity contribution >= 4 is 5.95 Å². The maximum atomic E-state index is 5.52. The molecule has 0 bridgehead atoms. The number of anilines is 1. The van der Waals surface area contributed by atoms with Gasteiger partial charge in [0.05, 0.1) is 0 Å². The van der Waals surface area contributed by atoms with Crippen molar-refractivity contribution in [3.63, 3.8) is 0 Å². The summed E-state index contributed by atoms with van der Waals surface area (Å²) in [6, 6.07) is 0.700. The number of nitrogens with zero attached hydrogens (tertiary/aromatic N) is 4. The minimum Gasteiger partial charge on any atom is -0.381 e. The van der Waals surface area contributed by atoms with Crippen molar-refractivity contribution in [1.29, 1.82) is 0 Å². The predicted octanol–water partition coefficient (Wildman–Crippen LogP) is 2.98. The molecule has 0 radical (unpaired) electrons. The van der Waals surface area contributed by atoms with Crippen LogP contribution in [-0.4, -0.2) is 60.3 Å². The van der Waals surface area contributed by atoms with Crippen molar-refractivity contribution in [2.24, 2.45) is 5.92 Å². The average molecular weight is 347 g/mol. The molecule has 0 unspecified atom stereocenters. The Morgan fingerprint density at radius 2 is 1.68 bits per heavy atom. The molecule has 0 aromatic carbocycles. The summed E-state index contributed by atoms with van der Waals surface area (Å²) in [7, 11) is 0. The zero-order chi connectivity index (χ0) is 17.8. The number of hydrogen-bond acceptors (Lipinski definition) is 5. The summed E-state index contributed by atoms with van der Waals surface area (Å²) in [5.74, 6) is 1.56. The quantitative estimate of drug-likeness (QED) is 0.838. The van der Waals surface area contributed by atoms with Crippen LogP contribution >= 0.6 is 0 Å². The van der Waals surface area contributed by atoms with Crippen molar-refractivity contribution in [3.05, 3.63) is 17.0 Å². The maximum Gasteiger partial charge on any atom is 0.225 e. The molecule has 2 saturated heterocycles. The Morgan fingerprint density at radius 1 is 1.00 bits per heavy atom. The van der Waals surface area contributed by atoms with Gasteiger partial charge >= 0.3 is 0 Å². The van der Waals surface area contributed by atoms with Crippen LogP contribution in [0.25, 0.3) is 0 Å². The third-order valence-electron chi connectivity index (χ3n) is 5.54. The maximum absolute atomic E-state index is 5.52. The second-order valence-corrected chi connectivity index (χ2v) is 7.99. The molecule has 5 heteroatoms. The molecule has 0 saturated carbocycles. The van der Waals surface area contributed by atoms with Gasteiger partial charge in [-0.1, -0.05) is 13.8 Å². The molecule has 2 fully saturated rings. The Hall–Kier alpha value is -1.20. The van der Waals surface area contributed by atoms with E-state index in [0.717, 1.165) is 56.6 Å². The van der Waals surface area contributed by atoms with Gasteiger partial charge in [-0.05, 0) is 51.0 Å². The molecule has 0 aliphatic carbocycles. The molecular formula is C20H34N4O. The van der Waals surface area contributed by atoms with Gasteiger partial charge < -0.3 is 9.64 Å². The van der Waals surface area contributed by atoms with Gasteiger partial charge in [0, 0.05) is 56.8 Å². The fourth-order valence-electron chi connectivity index (χ4n) is 4.12. The molecule has 25 heavy (non-hydrogen) atoms. The number of aryl methyl sites for hydroxylation is 2. The SMILES string of the molecule is Cc1nc(N2CCCN(C3CCOCC3)CC2)nc(C)c1CC(C)C. The summed E-state index contributed by atoms with van der Waals surface area (Å²) < 4.78 is 5.52. The van der Waals surface area contributed by atoms with Crippen LogP contribution < -0.4 is 4.90 Å². The lowest BCUT2D eigenvalue weighted by Crippen LogP contribution is -2.41. The first-order valence-corrected chi connectivity index (χ1v) is 9.95. The van der Waals surface area contributed by atoms with E-state index in [0.29, 0.717) is 12.0 Å². The molecule has 0 N–H and O–H groups in total. The Bertz CT molecular complexity index is 546. The van der Waals surface area contributed by atoms with Crippen molar-refractivity contribution in [1.82, 2.24) is 14.9 Å². The first-order valence-electron chi connectivity index (χ1n) is 9.95. The van der Waals surface area contributed by atoms with Crippen molar-refractivity contribution < 1.29 is 4.74 Å². The van der Waals surface area contributed by atoms with Gasteiger partial charge in [0.25, 0.3) is 0 Å². The molecular weight excluding hydrogens is 312 g/mol. The summed E-state index contributed by atoms with van der Waals surface area (Å²) in [4.78, 5) is 14.8. The minimum absolute atomic E-state index is 0.637. The lowest BCUT2D eigenvalue weighted by atomic mass is 10.0. The highest BCUT2D eigenvalue weighted by atomic mass is 16.5. The van der Waals surface area contributed by atoms with Gasteiger partial charge in [-0.25, -0.2) is 9.97 Å². The number of aromatic nitrogens is 2. The van der Waals surface area contributed by atoms with Gasteiger partial charge in [0.15, 0.2) is 0 Å². The lowest BCUT2D eigenvalue weighted by Gasteiger charge is -2.33. The monoisotopic (exact) mass is 346 g/mol. The van der Waals surface area contributed by atoms with Gasteiger partial charge in [-0.15, -0.1) is 0 Å². The number of hydrogen-bond donors (Lipinski definition) is 0. The van der Waals surface area contributed by atoms with Crippen LogP contribution in [-0.2, 0) is 11.2 Å². The number of ether oxygens (including phenoxy) is 1. The summed E-state index contributed by atoms with van der Waals surface area (Å²) in [6.45, 7) is 15.0. The van der Waals surface area contributed by atoms with E-state index in [1.54, 1.807) is 0 Å².